The normalized spacial score (nSPS) is 22.9. The lowest BCUT2D eigenvalue weighted by atomic mass is 10.0. The predicted molar refractivity (Wildman–Crippen MR) is 75.9 cm³/mol. The van der Waals surface area contributed by atoms with Crippen molar-refractivity contribution in [3.63, 3.8) is 0 Å². The minimum Gasteiger partial charge on any atom is -0.345 e. The van der Waals surface area contributed by atoms with Crippen molar-refractivity contribution in [3.8, 4) is 0 Å². The molecule has 4 nitrogen and oxygen atoms in total. The van der Waals surface area contributed by atoms with Gasteiger partial charge in [-0.2, -0.15) is 0 Å². The number of benzene rings is 1. The van der Waals surface area contributed by atoms with E-state index in [1.165, 1.54) is 5.56 Å². The van der Waals surface area contributed by atoms with Crippen molar-refractivity contribution in [3.05, 3.63) is 35.4 Å². The topological polar surface area (TPSA) is 49.4 Å². The molecule has 106 valence electrons. The molecule has 4 heteroatoms. The van der Waals surface area contributed by atoms with E-state index >= 15 is 0 Å². The number of carbonyl (C=O) groups excluding carboxylic acids is 2. The highest BCUT2D eigenvalue weighted by Gasteiger charge is 2.44. The van der Waals surface area contributed by atoms with Gasteiger partial charge < -0.3 is 10.2 Å². The van der Waals surface area contributed by atoms with Gasteiger partial charge in [-0.05, 0) is 36.3 Å². The molecule has 2 fully saturated rings. The molecule has 0 spiro atoms. The van der Waals surface area contributed by atoms with Gasteiger partial charge in [0.25, 0.3) is 0 Å². The van der Waals surface area contributed by atoms with Crippen LogP contribution < -0.4 is 5.32 Å². The quantitative estimate of drug-likeness (QED) is 0.902. The number of amides is 2. The number of rotatable bonds is 4. The van der Waals surface area contributed by atoms with Crippen molar-refractivity contribution in [1.29, 1.82) is 0 Å². The Labute approximate surface area is 119 Å². The number of nitrogens with one attached hydrogen (secondary N) is 1. The van der Waals surface area contributed by atoms with Gasteiger partial charge in [0.05, 0.1) is 6.54 Å². The van der Waals surface area contributed by atoms with Crippen LogP contribution in [-0.4, -0.2) is 29.3 Å². The lowest BCUT2D eigenvalue weighted by Crippen LogP contribution is -2.58. The molecule has 1 aliphatic heterocycles. The van der Waals surface area contributed by atoms with Crippen LogP contribution in [0.2, 0.25) is 0 Å². The van der Waals surface area contributed by atoms with E-state index in [9.17, 15) is 9.59 Å². The minimum atomic E-state index is -0.262. The summed E-state index contributed by atoms with van der Waals surface area (Å²) in [6.45, 7) is 2.79. The van der Waals surface area contributed by atoms with Crippen LogP contribution in [0.15, 0.2) is 24.3 Å². The number of hydrogen-bond donors (Lipinski definition) is 1. The van der Waals surface area contributed by atoms with Crippen molar-refractivity contribution < 1.29 is 9.59 Å². The van der Waals surface area contributed by atoms with Crippen LogP contribution in [0.4, 0.5) is 0 Å². The number of piperazine rings is 1. The summed E-state index contributed by atoms with van der Waals surface area (Å²) in [5.74, 6) is 0.396. The summed E-state index contributed by atoms with van der Waals surface area (Å²) in [5.41, 5.74) is 2.38. The van der Waals surface area contributed by atoms with Gasteiger partial charge in [0.1, 0.15) is 6.04 Å². The highest BCUT2D eigenvalue weighted by molar-refractivity contribution is 5.95. The number of hydrogen-bond acceptors (Lipinski definition) is 2. The average Bonchev–Trinajstić information content (AvgIpc) is 3.28. The summed E-state index contributed by atoms with van der Waals surface area (Å²) in [5, 5.41) is 2.71. The van der Waals surface area contributed by atoms with E-state index in [1.54, 1.807) is 4.90 Å². The molecule has 1 atom stereocenters. The zero-order valence-corrected chi connectivity index (χ0v) is 11.8. The van der Waals surface area contributed by atoms with Gasteiger partial charge in [-0.1, -0.05) is 31.2 Å². The second-order valence-electron chi connectivity index (χ2n) is 5.69. The predicted octanol–water partition coefficient (Wildman–Crippen LogP) is 1.49. The van der Waals surface area contributed by atoms with Crippen LogP contribution in [0.1, 0.15) is 30.9 Å². The Morgan fingerprint density at radius 2 is 1.80 bits per heavy atom. The maximum Gasteiger partial charge on any atom is 0.243 e. The molecule has 2 amide bonds. The summed E-state index contributed by atoms with van der Waals surface area (Å²) in [6, 6.07) is 8.04. The molecular weight excluding hydrogens is 252 g/mol. The van der Waals surface area contributed by atoms with Gasteiger partial charge in [-0.15, -0.1) is 0 Å². The molecule has 20 heavy (non-hydrogen) atoms. The Hall–Kier alpha value is -1.84. The van der Waals surface area contributed by atoms with E-state index in [0.717, 1.165) is 24.8 Å². The number of carbonyl (C=O) groups is 2. The third kappa shape index (κ3) is 2.55. The standard InChI is InChI=1S/C16H20N2O2/c1-2-11-3-5-12(6-4-11)10-18-14(19)9-17-16(20)15(18)13-7-8-13/h3-6,13,15H,2,7-10H2,1H3,(H,17,20). The third-order valence-corrected chi connectivity index (χ3v) is 4.19. The Morgan fingerprint density at radius 1 is 1.15 bits per heavy atom. The molecule has 0 aromatic heterocycles. The Bertz CT molecular complexity index is 520. The van der Waals surface area contributed by atoms with Crippen LogP contribution >= 0.6 is 0 Å². The third-order valence-electron chi connectivity index (χ3n) is 4.19. The zero-order chi connectivity index (χ0) is 14.1. The van der Waals surface area contributed by atoms with Gasteiger partial charge in [0, 0.05) is 6.54 Å². The van der Waals surface area contributed by atoms with Crippen molar-refractivity contribution in [2.75, 3.05) is 6.54 Å². The van der Waals surface area contributed by atoms with Crippen LogP contribution in [0.5, 0.6) is 0 Å². The summed E-state index contributed by atoms with van der Waals surface area (Å²) in [7, 11) is 0. The second kappa shape index (κ2) is 5.27. The molecule has 1 heterocycles. The zero-order valence-electron chi connectivity index (χ0n) is 11.8. The van der Waals surface area contributed by atoms with Crippen LogP contribution in [0.3, 0.4) is 0 Å². The van der Waals surface area contributed by atoms with Gasteiger partial charge in [-0.25, -0.2) is 0 Å². The lowest BCUT2D eigenvalue weighted by molar-refractivity contribution is -0.147. The summed E-state index contributed by atoms with van der Waals surface area (Å²) in [4.78, 5) is 25.9. The van der Waals surface area contributed by atoms with Gasteiger partial charge in [-0.3, -0.25) is 9.59 Å². The Balaban J connectivity index is 1.78. The molecule has 0 radical (unpaired) electrons. The first-order valence-electron chi connectivity index (χ1n) is 7.34. The van der Waals surface area contributed by atoms with Crippen molar-refractivity contribution in [2.24, 2.45) is 5.92 Å². The monoisotopic (exact) mass is 272 g/mol. The van der Waals surface area contributed by atoms with Crippen molar-refractivity contribution in [2.45, 2.75) is 38.8 Å². The van der Waals surface area contributed by atoms with E-state index in [1.807, 2.05) is 0 Å². The summed E-state index contributed by atoms with van der Waals surface area (Å²) in [6.07, 6.45) is 3.11. The second-order valence-corrected chi connectivity index (χ2v) is 5.69. The molecule has 1 N–H and O–H groups in total. The van der Waals surface area contributed by atoms with E-state index in [-0.39, 0.29) is 24.4 Å². The van der Waals surface area contributed by atoms with E-state index in [4.69, 9.17) is 0 Å². The Kier molecular flexibility index (Phi) is 3.47. The van der Waals surface area contributed by atoms with Crippen LogP contribution in [0, 0.1) is 5.92 Å². The molecule has 1 unspecified atom stereocenters. The molecule has 1 aliphatic carbocycles. The fourth-order valence-electron chi connectivity index (χ4n) is 2.81. The SMILES string of the molecule is CCc1ccc(CN2C(=O)CNC(=O)C2C2CC2)cc1. The molecule has 1 aromatic rings. The van der Waals surface area contributed by atoms with E-state index in [0.29, 0.717) is 12.5 Å². The van der Waals surface area contributed by atoms with E-state index < -0.39 is 0 Å². The first-order chi connectivity index (χ1) is 9.69. The average molecular weight is 272 g/mol. The maximum atomic E-state index is 12.1. The highest BCUT2D eigenvalue weighted by Crippen LogP contribution is 2.37. The molecule has 1 aromatic carbocycles. The molecule has 1 saturated heterocycles. The summed E-state index contributed by atoms with van der Waals surface area (Å²) >= 11 is 0. The molecule has 3 rings (SSSR count). The summed E-state index contributed by atoms with van der Waals surface area (Å²) < 4.78 is 0. The molecular formula is C16H20N2O2. The van der Waals surface area contributed by atoms with Crippen LogP contribution in [-0.2, 0) is 22.6 Å². The fourth-order valence-corrected chi connectivity index (χ4v) is 2.81. The van der Waals surface area contributed by atoms with Gasteiger partial charge >= 0.3 is 0 Å². The molecule has 1 saturated carbocycles. The first kappa shape index (κ1) is 13.2. The van der Waals surface area contributed by atoms with Crippen LogP contribution in [0.25, 0.3) is 0 Å². The first-order valence-corrected chi connectivity index (χ1v) is 7.34. The fraction of sp³-hybridized carbons (Fsp3) is 0.500. The smallest absolute Gasteiger partial charge is 0.243 e. The largest absolute Gasteiger partial charge is 0.345 e. The Morgan fingerprint density at radius 3 is 2.40 bits per heavy atom. The lowest BCUT2D eigenvalue weighted by Gasteiger charge is -2.35. The highest BCUT2D eigenvalue weighted by atomic mass is 16.2. The van der Waals surface area contributed by atoms with Gasteiger partial charge in [0.15, 0.2) is 0 Å². The minimum absolute atomic E-state index is 0.0114. The number of nitrogens with zero attached hydrogens (tertiary/aromatic N) is 1. The maximum absolute atomic E-state index is 12.1. The van der Waals surface area contributed by atoms with Crippen molar-refractivity contribution >= 4 is 11.8 Å². The van der Waals surface area contributed by atoms with Gasteiger partial charge in [0.2, 0.25) is 11.8 Å². The molecule has 2 aliphatic rings. The van der Waals surface area contributed by atoms with E-state index in [2.05, 4.69) is 36.5 Å². The molecule has 0 bridgehead atoms. The number of aryl methyl sites for hydroxylation is 1. The van der Waals surface area contributed by atoms with Crippen molar-refractivity contribution in [1.82, 2.24) is 10.2 Å².